The number of pyridine rings is 1. The fraction of sp³-hybridized carbons (Fsp3) is 0.0625. The standard InChI is InChI=1S/C16H16N4O3/c1-11(19-20-16(22)13-6-8-18-9-7-13)12-2-4-14(5-3-12)23-10-15(17)21/h2-9,19H,1,10H2,(H2,17,21)(H,20,22). The third-order valence-corrected chi connectivity index (χ3v) is 2.85. The van der Waals surface area contributed by atoms with E-state index in [1.54, 1.807) is 36.4 Å². The Labute approximate surface area is 133 Å². The lowest BCUT2D eigenvalue weighted by atomic mass is 10.2. The van der Waals surface area contributed by atoms with Crippen LogP contribution in [0.3, 0.4) is 0 Å². The highest BCUT2D eigenvalue weighted by molar-refractivity contribution is 5.94. The van der Waals surface area contributed by atoms with Gasteiger partial charge in [-0.15, -0.1) is 0 Å². The molecule has 0 aliphatic carbocycles. The van der Waals surface area contributed by atoms with Gasteiger partial charge >= 0.3 is 0 Å². The zero-order chi connectivity index (χ0) is 16.7. The van der Waals surface area contributed by atoms with Gasteiger partial charge in [0.2, 0.25) is 0 Å². The van der Waals surface area contributed by atoms with Gasteiger partial charge < -0.3 is 10.5 Å². The summed E-state index contributed by atoms with van der Waals surface area (Å²) in [5, 5.41) is 0. The van der Waals surface area contributed by atoms with Crippen molar-refractivity contribution in [3.8, 4) is 5.75 Å². The summed E-state index contributed by atoms with van der Waals surface area (Å²) in [7, 11) is 0. The molecule has 0 saturated carbocycles. The van der Waals surface area contributed by atoms with Crippen LogP contribution >= 0.6 is 0 Å². The molecule has 0 aliphatic heterocycles. The van der Waals surface area contributed by atoms with E-state index in [0.29, 0.717) is 17.0 Å². The van der Waals surface area contributed by atoms with Crippen LogP contribution < -0.4 is 21.3 Å². The average molecular weight is 312 g/mol. The van der Waals surface area contributed by atoms with Crippen LogP contribution in [0.5, 0.6) is 5.75 Å². The molecule has 2 amide bonds. The van der Waals surface area contributed by atoms with Crippen molar-refractivity contribution >= 4 is 17.5 Å². The molecule has 4 N–H and O–H groups in total. The maximum atomic E-state index is 11.9. The van der Waals surface area contributed by atoms with Crippen molar-refractivity contribution in [2.24, 2.45) is 5.73 Å². The molecule has 0 spiro atoms. The molecular weight excluding hydrogens is 296 g/mol. The number of rotatable bonds is 7. The predicted octanol–water partition coefficient (Wildman–Crippen LogP) is 0.851. The van der Waals surface area contributed by atoms with Gasteiger partial charge in [0.1, 0.15) is 5.75 Å². The van der Waals surface area contributed by atoms with Crippen molar-refractivity contribution in [2.45, 2.75) is 0 Å². The Morgan fingerprint density at radius 3 is 2.30 bits per heavy atom. The van der Waals surface area contributed by atoms with Crippen molar-refractivity contribution in [3.05, 3.63) is 66.5 Å². The highest BCUT2D eigenvalue weighted by atomic mass is 16.5. The Morgan fingerprint density at radius 1 is 1.04 bits per heavy atom. The molecule has 0 atom stereocenters. The minimum atomic E-state index is -0.543. The molecule has 2 rings (SSSR count). The molecule has 0 fully saturated rings. The molecule has 0 bridgehead atoms. The lowest BCUT2D eigenvalue weighted by Crippen LogP contribution is -2.35. The van der Waals surface area contributed by atoms with E-state index in [1.807, 2.05) is 0 Å². The lowest BCUT2D eigenvalue weighted by molar-refractivity contribution is -0.119. The maximum Gasteiger partial charge on any atom is 0.269 e. The third kappa shape index (κ3) is 4.85. The van der Waals surface area contributed by atoms with E-state index in [9.17, 15) is 9.59 Å². The van der Waals surface area contributed by atoms with Gasteiger partial charge in [0, 0.05) is 18.0 Å². The number of primary amides is 1. The number of ether oxygens (including phenoxy) is 1. The van der Waals surface area contributed by atoms with Crippen molar-refractivity contribution in [1.82, 2.24) is 15.8 Å². The van der Waals surface area contributed by atoms with Crippen molar-refractivity contribution in [2.75, 3.05) is 6.61 Å². The molecule has 7 heteroatoms. The van der Waals surface area contributed by atoms with Gasteiger partial charge in [-0.2, -0.15) is 0 Å². The summed E-state index contributed by atoms with van der Waals surface area (Å²) >= 11 is 0. The van der Waals surface area contributed by atoms with Crippen LogP contribution in [-0.2, 0) is 4.79 Å². The second-order valence-electron chi connectivity index (χ2n) is 4.57. The molecule has 0 saturated heterocycles. The molecule has 1 heterocycles. The van der Waals surface area contributed by atoms with E-state index in [-0.39, 0.29) is 12.5 Å². The van der Waals surface area contributed by atoms with Gasteiger partial charge in [-0.1, -0.05) is 6.58 Å². The number of hydrazine groups is 1. The Balaban J connectivity index is 1.88. The van der Waals surface area contributed by atoms with Gasteiger partial charge in [-0.25, -0.2) is 0 Å². The van der Waals surface area contributed by atoms with Crippen molar-refractivity contribution < 1.29 is 14.3 Å². The molecule has 0 unspecified atom stereocenters. The Bertz CT molecular complexity index is 699. The van der Waals surface area contributed by atoms with E-state index in [2.05, 4.69) is 22.4 Å². The van der Waals surface area contributed by atoms with E-state index in [4.69, 9.17) is 10.5 Å². The third-order valence-electron chi connectivity index (χ3n) is 2.85. The first-order chi connectivity index (χ1) is 11.1. The highest BCUT2D eigenvalue weighted by Crippen LogP contribution is 2.15. The number of aromatic nitrogens is 1. The van der Waals surface area contributed by atoms with Gasteiger partial charge in [-0.3, -0.25) is 25.4 Å². The predicted molar refractivity (Wildman–Crippen MR) is 85.0 cm³/mol. The average Bonchev–Trinajstić information content (AvgIpc) is 2.58. The van der Waals surface area contributed by atoms with Crippen LogP contribution in [0.4, 0.5) is 0 Å². The normalized spacial score (nSPS) is 9.74. The Kier molecular flexibility index (Phi) is 5.30. The van der Waals surface area contributed by atoms with Gasteiger partial charge in [0.25, 0.3) is 11.8 Å². The number of nitrogens with zero attached hydrogens (tertiary/aromatic N) is 1. The maximum absolute atomic E-state index is 11.9. The van der Waals surface area contributed by atoms with E-state index in [1.165, 1.54) is 12.4 Å². The smallest absolute Gasteiger partial charge is 0.269 e. The van der Waals surface area contributed by atoms with E-state index >= 15 is 0 Å². The SMILES string of the molecule is C=C(NNC(=O)c1ccncc1)c1ccc(OCC(N)=O)cc1. The first-order valence-electron chi connectivity index (χ1n) is 6.73. The number of nitrogens with one attached hydrogen (secondary N) is 2. The number of hydrogen-bond donors (Lipinski definition) is 3. The summed E-state index contributed by atoms with van der Waals surface area (Å²) in [6, 6.07) is 10.0. The minimum absolute atomic E-state index is 0.180. The molecule has 118 valence electrons. The van der Waals surface area contributed by atoms with Gasteiger partial charge in [-0.05, 0) is 42.0 Å². The molecule has 7 nitrogen and oxygen atoms in total. The fourth-order valence-electron chi connectivity index (χ4n) is 1.69. The van der Waals surface area contributed by atoms with Crippen molar-refractivity contribution in [3.63, 3.8) is 0 Å². The van der Waals surface area contributed by atoms with Crippen LogP contribution in [0, 0.1) is 0 Å². The number of carbonyl (C=O) groups is 2. The topological polar surface area (TPSA) is 106 Å². The summed E-state index contributed by atoms with van der Waals surface area (Å²) in [5.74, 6) is -0.324. The first-order valence-corrected chi connectivity index (χ1v) is 6.73. The van der Waals surface area contributed by atoms with Crippen LogP contribution in [0.1, 0.15) is 15.9 Å². The zero-order valence-corrected chi connectivity index (χ0v) is 12.3. The molecule has 1 aromatic heterocycles. The number of nitrogens with two attached hydrogens (primary N) is 1. The number of benzene rings is 1. The minimum Gasteiger partial charge on any atom is -0.484 e. The Hall–Kier alpha value is -3.35. The summed E-state index contributed by atoms with van der Waals surface area (Å²) in [6.45, 7) is 3.66. The second kappa shape index (κ2) is 7.60. The van der Waals surface area contributed by atoms with Crippen LogP contribution in [0.2, 0.25) is 0 Å². The zero-order valence-electron chi connectivity index (χ0n) is 12.3. The molecule has 1 aromatic carbocycles. The quantitative estimate of drug-likeness (QED) is 0.657. The van der Waals surface area contributed by atoms with Crippen LogP contribution in [0.25, 0.3) is 5.70 Å². The number of carbonyl (C=O) groups excluding carboxylic acids is 2. The van der Waals surface area contributed by atoms with Gasteiger partial charge in [0.05, 0.1) is 5.70 Å². The summed E-state index contributed by atoms with van der Waals surface area (Å²) in [6.07, 6.45) is 3.07. The molecule has 0 aliphatic rings. The fourth-order valence-corrected chi connectivity index (χ4v) is 1.69. The van der Waals surface area contributed by atoms with Gasteiger partial charge in [0.15, 0.2) is 6.61 Å². The molecule has 2 aromatic rings. The first kappa shape index (κ1) is 16.0. The molecule has 23 heavy (non-hydrogen) atoms. The number of amides is 2. The monoisotopic (exact) mass is 312 g/mol. The van der Waals surface area contributed by atoms with E-state index < -0.39 is 5.91 Å². The summed E-state index contributed by atoms with van der Waals surface area (Å²) < 4.78 is 5.16. The molecular formula is C16H16N4O3. The highest BCUT2D eigenvalue weighted by Gasteiger charge is 2.05. The van der Waals surface area contributed by atoms with Crippen LogP contribution in [0.15, 0.2) is 55.4 Å². The second-order valence-corrected chi connectivity index (χ2v) is 4.57. The van der Waals surface area contributed by atoms with Crippen molar-refractivity contribution in [1.29, 1.82) is 0 Å². The Morgan fingerprint density at radius 2 is 1.70 bits per heavy atom. The summed E-state index contributed by atoms with van der Waals surface area (Å²) in [5.41, 5.74) is 12.0. The lowest BCUT2D eigenvalue weighted by Gasteiger charge is -2.12. The van der Waals surface area contributed by atoms with E-state index in [0.717, 1.165) is 5.56 Å². The summed E-state index contributed by atoms with van der Waals surface area (Å²) in [4.78, 5) is 26.4. The molecule has 0 radical (unpaired) electrons. The van der Waals surface area contributed by atoms with Crippen LogP contribution in [-0.4, -0.2) is 23.4 Å². The largest absolute Gasteiger partial charge is 0.484 e. The number of hydrogen-bond acceptors (Lipinski definition) is 5.